The lowest BCUT2D eigenvalue weighted by Gasteiger charge is -2.16. The van der Waals surface area contributed by atoms with Crippen molar-refractivity contribution in [2.75, 3.05) is 13.7 Å². The van der Waals surface area contributed by atoms with E-state index in [1.165, 1.54) is 0 Å². The molecule has 0 spiro atoms. The quantitative estimate of drug-likeness (QED) is 0.745. The molecule has 92 valence electrons. The molecule has 0 aliphatic heterocycles. The second-order valence-corrected chi connectivity index (χ2v) is 4.09. The van der Waals surface area contributed by atoms with Crippen LogP contribution in [-0.4, -0.2) is 40.0 Å². The zero-order valence-corrected chi connectivity index (χ0v) is 10.5. The van der Waals surface area contributed by atoms with Crippen molar-refractivity contribution in [3.8, 4) is 0 Å². The maximum atomic E-state index is 5.16. The molecule has 0 saturated heterocycles. The fourth-order valence-corrected chi connectivity index (χ4v) is 1.46. The fourth-order valence-electron chi connectivity index (χ4n) is 1.46. The van der Waals surface area contributed by atoms with Gasteiger partial charge in [-0.3, -0.25) is 0 Å². The second kappa shape index (κ2) is 6.55. The molecule has 1 N–H and O–H groups in total. The normalized spacial score (nSPS) is 13.3. The van der Waals surface area contributed by atoms with E-state index in [1.807, 2.05) is 4.68 Å². The van der Waals surface area contributed by atoms with Crippen LogP contribution in [0.2, 0.25) is 0 Å². The van der Waals surface area contributed by atoms with Crippen LogP contribution in [-0.2, 0) is 11.3 Å². The minimum Gasteiger partial charge on any atom is -0.382 e. The van der Waals surface area contributed by atoms with Gasteiger partial charge in [0.15, 0.2) is 5.82 Å². The van der Waals surface area contributed by atoms with Gasteiger partial charge in [0.25, 0.3) is 0 Å². The molecule has 0 radical (unpaired) electrons. The van der Waals surface area contributed by atoms with Crippen molar-refractivity contribution in [2.45, 2.75) is 45.8 Å². The van der Waals surface area contributed by atoms with E-state index >= 15 is 0 Å². The summed E-state index contributed by atoms with van der Waals surface area (Å²) in [7, 11) is 1.69. The molecule has 0 bridgehead atoms. The maximum Gasteiger partial charge on any atom is 0.165 e. The van der Waals surface area contributed by atoms with Crippen LogP contribution in [0.5, 0.6) is 0 Å². The number of ether oxygens (including phenoxy) is 1. The van der Waals surface area contributed by atoms with Crippen LogP contribution in [0.25, 0.3) is 0 Å². The molecule has 1 aromatic rings. The Kier molecular flexibility index (Phi) is 5.34. The van der Waals surface area contributed by atoms with Crippen LogP contribution in [0, 0.1) is 0 Å². The summed E-state index contributed by atoms with van der Waals surface area (Å²) >= 11 is 0. The van der Waals surface area contributed by atoms with E-state index in [4.69, 9.17) is 4.74 Å². The number of nitrogens with zero attached hydrogens (tertiary/aromatic N) is 4. The van der Waals surface area contributed by atoms with Crippen molar-refractivity contribution in [1.82, 2.24) is 25.5 Å². The Morgan fingerprint density at radius 2 is 2.19 bits per heavy atom. The Morgan fingerprint density at radius 1 is 1.44 bits per heavy atom. The Morgan fingerprint density at radius 3 is 2.75 bits per heavy atom. The van der Waals surface area contributed by atoms with E-state index < -0.39 is 0 Å². The number of methoxy groups -OCH3 is 1. The van der Waals surface area contributed by atoms with Gasteiger partial charge in [0, 0.05) is 13.2 Å². The fraction of sp³-hybridized carbons (Fsp3) is 0.900. The van der Waals surface area contributed by atoms with Crippen molar-refractivity contribution in [1.29, 1.82) is 0 Å². The Bertz CT molecular complexity index is 299. The number of hydrogen-bond acceptors (Lipinski definition) is 5. The highest BCUT2D eigenvalue weighted by molar-refractivity contribution is 4.84. The molecule has 0 aliphatic carbocycles. The molecule has 0 aliphatic rings. The number of nitrogens with one attached hydrogen (secondary N) is 1. The van der Waals surface area contributed by atoms with Crippen LogP contribution >= 0.6 is 0 Å². The molecule has 1 atom stereocenters. The van der Waals surface area contributed by atoms with Crippen LogP contribution in [0.3, 0.4) is 0 Å². The average molecular weight is 227 g/mol. The third-order valence-electron chi connectivity index (χ3n) is 2.41. The molecule has 1 heterocycles. The average Bonchev–Trinajstić information content (AvgIpc) is 2.71. The summed E-state index contributed by atoms with van der Waals surface area (Å²) < 4.78 is 7.01. The minimum absolute atomic E-state index is 0.212. The molecular weight excluding hydrogens is 206 g/mol. The highest BCUT2D eigenvalue weighted by Gasteiger charge is 2.15. The van der Waals surface area contributed by atoms with Gasteiger partial charge in [0.2, 0.25) is 0 Å². The molecule has 6 nitrogen and oxygen atoms in total. The molecule has 1 rings (SSSR count). The van der Waals surface area contributed by atoms with E-state index in [9.17, 15) is 0 Å². The number of aromatic nitrogens is 4. The predicted molar refractivity (Wildman–Crippen MR) is 61.0 cm³/mol. The smallest absolute Gasteiger partial charge is 0.165 e. The Balaban J connectivity index is 2.67. The first-order chi connectivity index (χ1) is 7.69. The van der Waals surface area contributed by atoms with Crippen molar-refractivity contribution < 1.29 is 4.74 Å². The molecule has 1 unspecified atom stereocenters. The molecular formula is C10H21N5O. The lowest BCUT2D eigenvalue weighted by Crippen LogP contribution is -2.26. The van der Waals surface area contributed by atoms with Gasteiger partial charge in [-0.1, -0.05) is 20.8 Å². The highest BCUT2D eigenvalue weighted by Crippen LogP contribution is 2.11. The summed E-state index contributed by atoms with van der Waals surface area (Å²) in [5.41, 5.74) is 0. The Labute approximate surface area is 96.4 Å². The summed E-state index contributed by atoms with van der Waals surface area (Å²) in [6.45, 7) is 7.62. The number of tetrazole rings is 1. The van der Waals surface area contributed by atoms with Gasteiger partial charge in [-0.05, 0) is 16.8 Å². The SMILES string of the molecule is CCC(COC)n1nnnc1CNC(C)C. The largest absolute Gasteiger partial charge is 0.382 e. The molecule has 6 heteroatoms. The van der Waals surface area contributed by atoms with Crippen LogP contribution in [0.1, 0.15) is 39.1 Å². The van der Waals surface area contributed by atoms with Gasteiger partial charge in [-0.25, -0.2) is 4.68 Å². The third kappa shape index (κ3) is 3.53. The maximum absolute atomic E-state index is 5.16. The van der Waals surface area contributed by atoms with Crippen molar-refractivity contribution in [3.05, 3.63) is 5.82 Å². The van der Waals surface area contributed by atoms with Gasteiger partial charge in [-0.15, -0.1) is 5.10 Å². The summed E-state index contributed by atoms with van der Waals surface area (Å²) in [6.07, 6.45) is 0.952. The first-order valence-corrected chi connectivity index (χ1v) is 5.68. The highest BCUT2D eigenvalue weighted by atomic mass is 16.5. The van der Waals surface area contributed by atoms with Crippen molar-refractivity contribution in [3.63, 3.8) is 0 Å². The lowest BCUT2D eigenvalue weighted by molar-refractivity contribution is 0.144. The molecule has 0 aromatic carbocycles. The van der Waals surface area contributed by atoms with E-state index in [-0.39, 0.29) is 6.04 Å². The lowest BCUT2D eigenvalue weighted by atomic mass is 10.2. The van der Waals surface area contributed by atoms with Crippen LogP contribution in [0.4, 0.5) is 0 Å². The van der Waals surface area contributed by atoms with Gasteiger partial charge in [0.05, 0.1) is 19.2 Å². The first-order valence-electron chi connectivity index (χ1n) is 5.68. The second-order valence-electron chi connectivity index (χ2n) is 4.09. The van der Waals surface area contributed by atoms with Crippen molar-refractivity contribution >= 4 is 0 Å². The summed E-state index contributed by atoms with van der Waals surface area (Å²) in [6, 6.07) is 0.636. The molecule has 0 fully saturated rings. The van der Waals surface area contributed by atoms with Crippen LogP contribution in [0.15, 0.2) is 0 Å². The number of hydrogen-bond donors (Lipinski definition) is 1. The summed E-state index contributed by atoms with van der Waals surface area (Å²) in [5.74, 6) is 0.859. The van der Waals surface area contributed by atoms with Gasteiger partial charge in [-0.2, -0.15) is 0 Å². The van der Waals surface area contributed by atoms with E-state index in [1.54, 1.807) is 7.11 Å². The van der Waals surface area contributed by atoms with E-state index in [2.05, 4.69) is 41.6 Å². The predicted octanol–water partition coefficient (Wildman–Crippen LogP) is 0.769. The van der Waals surface area contributed by atoms with E-state index in [0.717, 1.165) is 12.2 Å². The van der Waals surface area contributed by atoms with Gasteiger partial charge in [0.1, 0.15) is 0 Å². The van der Waals surface area contributed by atoms with E-state index in [0.29, 0.717) is 19.2 Å². The minimum atomic E-state index is 0.212. The molecule has 0 saturated carbocycles. The standard InChI is InChI=1S/C10H21N5O/c1-5-9(7-16-4)15-10(12-13-14-15)6-11-8(2)3/h8-9,11H,5-7H2,1-4H3. The number of rotatable bonds is 7. The van der Waals surface area contributed by atoms with Crippen LogP contribution < -0.4 is 5.32 Å². The topological polar surface area (TPSA) is 64.9 Å². The molecule has 1 aromatic heterocycles. The zero-order chi connectivity index (χ0) is 12.0. The van der Waals surface area contributed by atoms with Crippen molar-refractivity contribution in [2.24, 2.45) is 0 Å². The molecule has 16 heavy (non-hydrogen) atoms. The third-order valence-corrected chi connectivity index (χ3v) is 2.41. The first kappa shape index (κ1) is 13.1. The Hall–Kier alpha value is -1.01. The monoisotopic (exact) mass is 227 g/mol. The zero-order valence-electron chi connectivity index (χ0n) is 10.5. The van der Waals surface area contributed by atoms with Gasteiger partial charge >= 0.3 is 0 Å². The summed E-state index contributed by atoms with van der Waals surface area (Å²) in [5, 5.41) is 15.1. The summed E-state index contributed by atoms with van der Waals surface area (Å²) in [4.78, 5) is 0. The molecule has 0 amide bonds. The van der Waals surface area contributed by atoms with Gasteiger partial charge < -0.3 is 10.1 Å².